The molecule has 0 radical (unpaired) electrons. The molecule has 1 unspecified atom stereocenters. The van der Waals surface area contributed by atoms with E-state index in [2.05, 4.69) is 15.0 Å². The number of nitrogens with zero attached hydrogens (tertiary/aromatic N) is 3. The summed E-state index contributed by atoms with van der Waals surface area (Å²) in [7, 11) is 1.55. The van der Waals surface area contributed by atoms with Crippen LogP contribution < -0.4 is 9.47 Å². The normalized spacial score (nSPS) is 12.5. The molecular formula is C20H18FN3O3S. The van der Waals surface area contributed by atoms with Gasteiger partial charge in [0, 0.05) is 17.7 Å². The third kappa shape index (κ3) is 3.36. The topological polar surface area (TPSA) is 77.4 Å². The molecule has 2 aromatic carbocycles. The van der Waals surface area contributed by atoms with Crippen molar-refractivity contribution in [1.29, 1.82) is 0 Å². The number of thiazole rings is 1. The maximum atomic E-state index is 14.4. The van der Waals surface area contributed by atoms with Gasteiger partial charge >= 0.3 is 0 Å². The van der Waals surface area contributed by atoms with Gasteiger partial charge in [0.15, 0.2) is 11.6 Å². The molecule has 0 saturated carbocycles. The Balaban J connectivity index is 1.85. The van der Waals surface area contributed by atoms with Gasteiger partial charge in [0.1, 0.15) is 11.1 Å². The second-order valence-corrected chi connectivity index (χ2v) is 7.50. The van der Waals surface area contributed by atoms with E-state index in [9.17, 15) is 4.39 Å². The fourth-order valence-corrected chi connectivity index (χ4v) is 3.89. The standard InChI is InChI=1S/C20H18FN3O3S/c1-10-4-12(19-15(5-10)23-18(26-3)8-22-19)20-24-14-6-13(21)16(7-17(14)28-20)27-11(2)9-25/h4-8,11,25H,9H2,1-3H3. The summed E-state index contributed by atoms with van der Waals surface area (Å²) in [6.07, 6.45) is 1.07. The number of fused-ring (bicyclic) bond motifs is 2. The Morgan fingerprint density at radius 2 is 2.00 bits per heavy atom. The molecule has 4 aromatic rings. The number of hydrogen-bond donors (Lipinski definition) is 1. The number of aromatic nitrogens is 3. The van der Waals surface area contributed by atoms with Crippen LogP contribution in [0.1, 0.15) is 12.5 Å². The molecule has 0 saturated heterocycles. The van der Waals surface area contributed by atoms with Gasteiger partial charge in [-0.3, -0.25) is 0 Å². The second-order valence-electron chi connectivity index (χ2n) is 6.47. The molecule has 8 heteroatoms. The van der Waals surface area contributed by atoms with Crippen molar-refractivity contribution in [3.05, 3.63) is 41.8 Å². The molecular weight excluding hydrogens is 381 g/mol. The Labute approximate surface area is 164 Å². The summed E-state index contributed by atoms with van der Waals surface area (Å²) < 4.78 is 25.7. The zero-order chi connectivity index (χ0) is 19.8. The van der Waals surface area contributed by atoms with E-state index in [4.69, 9.17) is 14.6 Å². The summed E-state index contributed by atoms with van der Waals surface area (Å²) in [6.45, 7) is 3.45. The lowest BCUT2D eigenvalue weighted by molar-refractivity contribution is 0.125. The Kier molecular flexibility index (Phi) is 4.82. The van der Waals surface area contributed by atoms with Crippen molar-refractivity contribution < 1.29 is 19.0 Å². The SMILES string of the molecule is COc1cnc2c(-c3nc4cc(F)c(OC(C)CO)cc4s3)cc(C)cc2n1. The zero-order valence-corrected chi connectivity index (χ0v) is 16.4. The van der Waals surface area contributed by atoms with Crippen molar-refractivity contribution in [3.63, 3.8) is 0 Å². The number of rotatable bonds is 5. The third-order valence-corrected chi connectivity index (χ3v) is 5.29. The Bertz CT molecular complexity index is 1180. The van der Waals surface area contributed by atoms with Crippen molar-refractivity contribution in [2.45, 2.75) is 20.0 Å². The zero-order valence-electron chi connectivity index (χ0n) is 15.6. The van der Waals surface area contributed by atoms with Crippen LogP contribution in [0.15, 0.2) is 30.5 Å². The third-order valence-electron chi connectivity index (χ3n) is 4.24. The number of benzene rings is 2. The molecule has 2 aromatic heterocycles. The number of aliphatic hydroxyl groups is 1. The molecule has 0 aliphatic rings. The predicted molar refractivity (Wildman–Crippen MR) is 107 cm³/mol. The smallest absolute Gasteiger partial charge is 0.232 e. The van der Waals surface area contributed by atoms with E-state index in [1.165, 1.54) is 17.4 Å². The Morgan fingerprint density at radius 1 is 1.18 bits per heavy atom. The molecule has 1 atom stereocenters. The molecule has 4 rings (SSSR count). The maximum Gasteiger partial charge on any atom is 0.232 e. The minimum Gasteiger partial charge on any atom is -0.485 e. The van der Waals surface area contributed by atoms with Crippen molar-refractivity contribution in [2.24, 2.45) is 0 Å². The maximum absolute atomic E-state index is 14.4. The van der Waals surface area contributed by atoms with Gasteiger partial charge in [-0.2, -0.15) is 0 Å². The van der Waals surface area contributed by atoms with Gasteiger partial charge in [0.25, 0.3) is 0 Å². The molecule has 2 heterocycles. The molecule has 1 N–H and O–H groups in total. The highest BCUT2D eigenvalue weighted by Gasteiger charge is 2.16. The van der Waals surface area contributed by atoms with Crippen molar-refractivity contribution in [1.82, 2.24) is 15.0 Å². The first-order chi connectivity index (χ1) is 13.5. The fraction of sp³-hybridized carbons (Fsp3) is 0.250. The molecule has 28 heavy (non-hydrogen) atoms. The predicted octanol–water partition coefficient (Wildman–Crippen LogP) is 4.12. The van der Waals surface area contributed by atoms with E-state index in [0.717, 1.165) is 20.8 Å². The summed E-state index contributed by atoms with van der Waals surface area (Å²) in [5.41, 5.74) is 3.80. The van der Waals surface area contributed by atoms with Gasteiger partial charge in [0.2, 0.25) is 5.88 Å². The molecule has 144 valence electrons. The summed E-state index contributed by atoms with van der Waals surface area (Å²) in [5, 5.41) is 9.86. The summed E-state index contributed by atoms with van der Waals surface area (Å²) in [6, 6.07) is 6.89. The molecule has 0 aliphatic heterocycles. The second kappa shape index (κ2) is 7.29. The van der Waals surface area contributed by atoms with Crippen molar-refractivity contribution >= 4 is 32.6 Å². The van der Waals surface area contributed by atoms with E-state index >= 15 is 0 Å². The van der Waals surface area contributed by atoms with Crippen LogP contribution in [-0.2, 0) is 0 Å². The number of aryl methyl sites for hydroxylation is 1. The number of methoxy groups -OCH3 is 1. The van der Waals surface area contributed by atoms with Gasteiger partial charge in [0.05, 0.1) is 41.2 Å². The molecule has 6 nitrogen and oxygen atoms in total. The summed E-state index contributed by atoms with van der Waals surface area (Å²) in [5.74, 6) is 0.0290. The first kappa shape index (κ1) is 18.5. The van der Waals surface area contributed by atoms with Crippen LogP contribution in [0.5, 0.6) is 11.6 Å². The lowest BCUT2D eigenvalue weighted by Crippen LogP contribution is -2.16. The average Bonchev–Trinajstić information content (AvgIpc) is 3.09. The summed E-state index contributed by atoms with van der Waals surface area (Å²) in [4.78, 5) is 13.5. The van der Waals surface area contributed by atoms with Crippen molar-refractivity contribution in [2.75, 3.05) is 13.7 Å². The van der Waals surface area contributed by atoms with Crippen LogP contribution in [-0.4, -0.2) is 39.9 Å². The highest BCUT2D eigenvalue weighted by Crippen LogP contribution is 2.37. The van der Waals surface area contributed by atoms with E-state index in [1.54, 1.807) is 26.3 Å². The Morgan fingerprint density at radius 3 is 2.75 bits per heavy atom. The number of ether oxygens (including phenoxy) is 2. The van der Waals surface area contributed by atoms with Crippen molar-refractivity contribution in [3.8, 4) is 22.2 Å². The van der Waals surface area contributed by atoms with Crippen LogP contribution in [0.3, 0.4) is 0 Å². The van der Waals surface area contributed by atoms with E-state index in [-0.39, 0.29) is 12.4 Å². The van der Waals surface area contributed by atoms with Crippen LogP contribution in [0, 0.1) is 12.7 Å². The molecule has 0 fully saturated rings. The minimum atomic E-state index is -0.511. The van der Waals surface area contributed by atoms with Gasteiger partial charge < -0.3 is 14.6 Å². The average molecular weight is 399 g/mol. The van der Waals surface area contributed by atoms with Gasteiger partial charge in [-0.1, -0.05) is 0 Å². The van der Waals surface area contributed by atoms with Crippen LogP contribution >= 0.6 is 11.3 Å². The van der Waals surface area contributed by atoms with E-state index in [1.807, 2.05) is 19.1 Å². The minimum absolute atomic E-state index is 0.0999. The largest absolute Gasteiger partial charge is 0.485 e. The van der Waals surface area contributed by atoms with Crippen LogP contribution in [0.2, 0.25) is 0 Å². The van der Waals surface area contributed by atoms with Crippen LogP contribution in [0.25, 0.3) is 31.8 Å². The Hall–Kier alpha value is -2.84. The van der Waals surface area contributed by atoms with Crippen LogP contribution in [0.4, 0.5) is 4.39 Å². The number of aliphatic hydroxyl groups excluding tert-OH is 1. The fourth-order valence-electron chi connectivity index (χ4n) is 2.90. The molecule has 0 bridgehead atoms. The highest BCUT2D eigenvalue weighted by atomic mass is 32.1. The molecule has 0 amide bonds. The first-order valence-electron chi connectivity index (χ1n) is 8.68. The number of halogens is 1. The van der Waals surface area contributed by atoms with Gasteiger partial charge in [-0.05, 0) is 31.5 Å². The molecule has 0 spiro atoms. The highest BCUT2D eigenvalue weighted by molar-refractivity contribution is 7.21. The lowest BCUT2D eigenvalue weighted by atomic mass is 10.1. The summed E-state index contributed by atoms with van der Waals surface area (Å²) >= 11 is 1.42. The van der Waals surface area contributed by atoms with Gasteiger partial charge in [-0.15, -0.1) is 11.3 Å². The molecule has 0 aliphatic carbocycles. The quantitative estimate of drug-likeness (QED) is 0.544. The first-order valence-corrected chi connectivity index (χ1v) is 9.49. The lowest BCUT2D eigenvalue weighted by Gasteiger charge is -2.12. The number of hydrogen-bond acceptors (Lipinski definition) is 7. The monoisotopic (exact) mass is 399 g/mol. The van der Waals surface area contributed by atoms with Gasteiger partial charge in [-0.25, -0.2) is 19.3 Å². The van der Waals surface area contributed by atoms with E-state index < -0.39 is 11.9 Å². The van der Waals surface area contributed by atoms with E-state index in [0.29, 0.717) is 22.4 Å².